The average Bonchev–Trinajstić information content (AvgIpc) is 3.01. The van der Waals surface area contributed by atoms with Crippen molar-refractivity contribution in [1.29, 1.82) is 0 Å². The fourth-order valence-electron chi connectivity index (χ4n) is 2.94. The molecule has 0 saturated heterocycles. The number of pyridine rings is 1. The molecular formula is C20H32N6O. The molecule has 0 bridgehead atoms. The van der Waals surface area contributed by atoms with Crippen LogP contribution in [0, 0.1) is 0 Å². The van der Waals surface area contributed by atoms with Gasteiger partial charge in [-0.25, -0.2) is 4.98 Å². The van der Waals surface area contributed by atoms with Crippen LogP contribution in [0.3, 0.4) is 0 Å². The van der Waals surface area contributed by atoms with Crippen molar-refractivity contribution >= 4 is 5.96 Å². The zero-order chi connectivity index (χ0) is 19.8. The van der Waals surface area contributed by atoms with Crippen LogP contribution in [-0.4, -0.2) is 46.3 Å². The van der Waals surface area contributed by atoms with Crippen LogP contribution in [0.2, 0.25) is 0 Å². The maximum absolute atomic E-state index is 5.74. The largest absolute Gasteiger partial charge is 0.477 e. The summed E-state index contributed by atoms with van der Waals surface area (Å²) < 4.78 is 7.61. The molecule has 2 rings (SSSR count). The monoisotopic (exact) mass is 372 g/mol. The highest BCUT2D eigenvalue weighted by molar-refractivity contribution is 5.79. The summed E-state index contributed by atoms with van der Waals surface area (Å²) >= 11 is 0. The number of aryl methyl sites for hydroxylation is 1. The highest BCUT2D eigenvalue weighted by Gasteiger charge is 2.15. The third-order valence-electron chi connectivity index (χ3n) is 4.19. The second kappa shape index (κ2) is 9.94. The maximum atomic E-state index is 5.74. The van der Waals surface area contributed by atoms with Gasteiger partial charge >= 0.3 is 0 Å². The summed E-state index contributed by atoms with van der Waals surface area (Å²) in [4.78, 5) is 10.9. The van der Waals surface area contributed by atoms with Crippen LogP contribution in [0.4, 0.5) is 0 Å². The minimum Gasteiger partial charge on any atom is -0.477 e. The van der Waals surface area contributed by atoms with Gasteiger partial charge in [-0.2, -0.15) is 5.10 Å². The summed E-state index contributed by atoms with van der Waals surface area (Å²) in [5.74, 6) is 1.89. The molecule has 0 aliphatic carbocycles. The fourth-order valence-corrected chi connectivity index (χ4v) is 2.94. The lowest BCUT2D eigenvalue weighted by Crippen LogP contribution is -2.38. The predicted molar refractivity (Wildman–Crippen MR) is 109 cm³/mol. The quantitative estimate of drug-likeness (QED) is 0.570. The van der Waals surface area contributed by atoms with Gasteiger partial charge < -0.3 is 15.0 Å². The average molecular weight is 373 g/mol. The second-order valence-electron chi connectivity index (χ2n) is 6.94. The molecule has 0 aliphatic heterocycles. The van der Waals surface area contributed by atoms with E-state index in [2.05, 4.69) is 52.3 Å². The Balaban J connectivity index is 2.04. The summed E-state index contributed by atoms with van der Waals surface area (Å²) in [5.41, 5.74) is 3.36. The molecule has 0 fully saturated rings. The van der Waals surface area contributed by atoms with Gasteiger partial charge in [-0.1, -0.05) is 26.8 Å². The van der Waals surface area contributed by atoms with Gasteiger partial charge in [0.05, 0.1) is 12.3 Å². The molecule has 1 N–H and O–H groups in total. The lowest BCUT2D eigenvalue weighted by molar-refractivity contribution is 0.301. The Labute approximate surface area is 162 Å². The van der Waals surface area contributed by atoms with E-state index in [4.69, 9.17) is 4.74 Å². The molecule has 0 amide bonds. The number of hydrogen-bond donors (Lipinski definition) is 1. The van der Waals surface area contributed by atoms with Crippen molar-refractivity contribution in [2.45, 2.75) is 46.2 Å². The molecule has 0 radical (unpaired) electrons. The molecule has 2 aromatic heterocycles. The molecule has 27 heavy (non-hydrogen) atoms. The molecule has 0 aromatic carbocycles. The van der Waals surface area contributed by atoms with E-state index in [1.165, 1.54) is 5.56 Å². The van der Waals surface area contributed by atoms with Crippen LogP contribution in [0.5, 0.6) is 5.88 Å². The lowest BCUT2D eigenvalue weighted by atomic mass is 10.1. The zero-order valence-corrected chi connectivity index (χ0v) is 17.4. The van der Waals surface area contributed by atoms with E-state index in [1.54, 1.807) is 13.2 Å². The minimum atomic E-state index is 0.387. The Hall–Kier alpha value is -2.57. The standard InChI is InChI=1S/C20H32N6O/c1-7-11-27-19-16(9-8-10-22-19)12-23-20(21-4)25(5)13-17-14-26(6)24-18(17)15(2)3/h8-10,14-15H,7,11-13H2,1-6H3,(H,21,23). The molecule has 0 atom stereocenters. The van der Waals surface area contributed by atoms with Crippen molar-refractivity contribution in [3.8, 4) is 5.88 Å². The Morgan fingerprint density at radius 2 is 2.15 bits per heavy atom. The predicted octanol–water partition coefficient (Wildman–Crippen LogP) is 2.93. The highest BCUT2D eigenvalue weighted by atomic mass is 16.5. The zero-order valence-electron chi connectivity index (χ0n) is 17.4. The summed E-state index contributed by atoms with van der Waals surface area (Å²) in [7, 11) is 5.79. The fraction of sp³-hybridized carbons (Fsp3) is 0.550. The minimum absolute atomic E-state index is 0.387. The van der Waals surface area contributed by atoms with E-state index < -0.39 is 0 Å². The number of aliphatic imine (C=N–C) groups is 1. The van der Waals surface area contributed by atoms with Crippen LogP contribution in [0.15, 0.2) is 29.5 Å². The number of nitrogens with one attached hydrogen (secondary N) is 1. The first kappa shape index (κ1) is 20.7. The molecular weight excluding hydrogens is 340 g/mol. The van der Waals surface area contributed by atoms with Gasteiger partial charge in [-0.3, -0.25) is 9.67 Å². The Bertz CT molecular complexity index is 753. The third-order valence-corrected chi connectivity index (χ3v) is 4.19. The Morgan fingerprint density at radius 1 is 1.37 bits per heavy atom. The van der Waals surface area contributed by atoms with Crippen molar-refractivity contribution in [3.05, 3.63) is 41.3 Å². The van der Waals surface area contributed by atoms with Crippen LogP contribution in [0.25, 0.3) is 0 Å². The summed E-state index contributed by atoms with van der Waals surface area (Å²) in [6.45, 7) is 8.43. The molecule has 2 heterocycles. The lowest BCUT2D eigenvalue weighted by Gasteiger charge is -2.22. The molecule has 148 valence electrons. The van der Waals surface area contributed by atoms with Crippen molar-refractivity contribution in [2.75, 3.05) is 20.7 Å². The first-order valence-corrected chi connectivity index (χ1v) is 9.47. The van der Waals surface area contributed by atoms with Crippen LogP contribution < -0.4 is 10.1 Å². The Kier molecular flexibility index (Phi) is 7.64. The van der Waals surface area contributed by atoms with Gasteiger partial charge in [-0.15, -0.1) is 0 Å². The SMILES string of the molecule is CCCOc1ncccc1CNC(=NC)N(C)Cc1cn(C)nc1C(C)C. The van der Waals surface area contributed by atoms with Gasteiger partial charge in [0, 0.05) is 57.8 Å². The first-order valence-electron chi connectivity index (χ1n) is 9.47. The highest BCUT2D eigenvalue weighted by Crippen LogP contribution is 2.19. The second-order valence-corrected chi connectivity index (χ2v) is 6.94. The van der Waals surface area contributed by atoms with Gasteiger partial charge in [0.15, 0.2) is 5.96 Å². The van der Waals surface area contributed by atoms with Crippen molar-refractivity contribution in [3.63, 3.8) is 0 Å². The summed E-state index contributed by atoms with van der Waals surface area (Å²) in [5, 5.41) is 7.99. The number of nitrogens with zero attached hydrogens (tertiary/aromatic N) is 5. The van der Waals surface area contributed by atoms with Gasteiger partial charge in [0.2, 0.25) is 5.88 Å². The molecule has 2 aromatic rings. The van der Waals surface area contributed by atoms with E-state index in [9.17, 15) is 0 Å². The first-order chi connectivity index (χ1) is 13.0. The summed E-state index contributed by atoms with van der Waals surface area (Å²) in [6, 6.07) is 3.95. The maximum Gasteiger partial charge on any atom is 0.218 e. The summed E-state index contributed by atoms with van der Waals surface area (Å²) in [6.07, 6.45) is 4.79. The van der Waals surface area contributed by atoms with Crippen LogP contribution in [-0.2, 0) is 20.1 Å². The van der Waals surface area contributed by atoms with Crippen LogP contribution >= 0.6 is 0 Å². The van der Waals surface area contributed by atoms with Crippen molar-refractivity contribution < 1.29 is 4.74 Å². The smallest absolute Gasteiger partial charge is 0.218 e. The molecule has 0 saturated carbocycles. The molecule has 7 heteroatoms. The number of hydrogen-bond acceptors (Lipinski definition) is 4. The van der Waals surface area contributed by atoms with E-state index in [0.29, 0.717) is 24.9 Å². The van der Waals surface area contributed by atoms with Crippen molar-refractivity contribution in [2.24, 2.45) is 12.0 Å². The Morgan fingerprint density at radius 3 is 2.81 bits per heavy atom. The molecule has 0 aliphatic rings. The van der Waals surface area contributed by atoms with E-state index >= 15 is 0 Å². The van der Waals surface area contributed by atoms with Gasteiger partial charge in [0.25, 0.3) is 0 Å². The molecule has 0 unspecified atom stereocenters. The third kappa shape index (κ3) is 5.70. The number of ether oxygens (including phenoxy) is 1. The number of guanidine groups is 1. The topological polar surface area (TPSA) is 67.6 Å². The van der Waals surface area contributed by atoms with E-state index in [0.717, 1.165) is 30.2 Å². The number of aromatic nitrogens is 3. The van der Waals surface area contributed by atoms with Gasteiger partial charge in [-0.05, 0) is 18.4 Å². The van der Waals surface area contributed by atoms with E-state index in [-0.39, 0.29) is 0 Å². The normalized spacial score (nSPS) is 11.7. The molecule has 0 spiro atoms. The van der Waals surface area contributed by atoms with Gasteiger partial charge in [0.1, 0.15) is 0 Å². The number of rotatable bonds is 8. The van der Waals surface area contributed by atoms with Crippen LogP contribution in [0.1, 0.15) is 49.9 Å². The van der Waals surface area contributed by atoms with Crippen molar-refractivity contribution in [1.82, 2.24) is 25.0 Å². The van der Waals surface area contributed by atoms with E-state index in [1.807, 2.05) is 30.9 Å². The molecule has 7 nitrogen and oxygen atoms in total.